The fourth-order valence-electron chi connectivity index (χ4n) is 6.50. The van der Waals surface area contributed by atoms with Crippen LogP contribution >= 0.6 is 0 Å². The Morgan fingerprint density at radius 1 is 0.759 bits per heavy atom. The van der Waals surface area contributed by atoms with Crippen molar-refractivity contribution in [3.8, 4) is 11.5 Å². The molecule has 0 spiro atoms. The number of hydrogen-bond acceptors (Lipinski definition) is 10. The van der Waals surface area contributed by atoms with Gasteiger partial charge in [0, 0.05) is 18.7 Å². The number of sulfone groups is 2. The van der Waals surface area contributed by atoms with Crippen LogP contribution in [-0.2, 0) is 29.3 Å². The first kappa shape index (κ1) is 47.1. The number of imide groups is 1. The summed E-state index contributed by atoms with van der Waals surface area (Å²) in [6, 6.07) is 8.55. The van der Waals surface area contributed by atoms with Crippen molar-refractivity contribution in [1.82, 2.24) is 15.5 Å². The van der Waals surface area contributed by atoms with Gasteiger partial charge in [-0.3, -0.25) is 14.9 Å². The van der Waals surface area contributed by atoms with Crippen molar-refractivity contribution in [3.63, 3.8) is 0 Å². The number of ketones is 1. The molecule has 0 aromatic heterocycles. The van der Waals surface area contributed by atoms with Crippen molar-refractivity contribution in [3.05, 3.63) is 59.2 Å². The number of urea groups is 1. The van der Waals surface area contributed by atoms with E-state index in [1.807, 2.05) is 6.92 Å². The molecule has 16 heteroatoms. The molecule has 3 amide bonds. The van der Waals surface area contributed by atoms with Gasteiger partial charge >= 0.3 is 6.03 Å². The van der Waals surface area contributed by atoms with E-state index in [9.17, 15) is 40.0 Å². The minimum atomic E-state index is -3.30. The van der Waals surface area contributed by atoms with Gasteiger partial charge in [-0.25, -0.2) is 30.4 Å². The van der Waals surface area contributed by atoms with Gasteiger partial charge in [-0.2, -0.15) is 0 Å². The average molecular weight is 854 g/mol. The quantitative estimate of drug-likeness (QED) is 0.0807. The average Bonchev–Trinajstić information content (AvgIpc) is 4.08. The van der Waals surface area contributed by atoms with Crippen molar-refractivity contribution in [2.24, 2.45) is 11.8 Å². The summed E-state index contributed by atoms with van der Waals surface area (Å²) in [5.41, 5.74) is 1.27. The summed E-state index contributed by atoms with van der Waals surface area (Å²) in [5.74, 6) is 0.500. The van der Waals surface area contributed by atoms with Crippen LogP contribution < -0.4 is 20.1 Å². The molecule has 12 nitrogen and oxygen atoms in total. The Morgan fingerprint density at radius 2 is 1.24 bits per heavy atom. The van der Waals surface area contributed by atoms with E-state index < -0.39 is 37.3 Å². The lowest BCUT2D eigenvalue weighted by molar-refractivity contribution is -0.118. The van der Waals surface area contributed by atoms with E-state index in [0.717, 1.165) is 38.5 Å². The largest absolute Gasteiger partial charge is 0.493 e. The predicted molar refractivity (Wildman–Crippen MR) is 220 cm³/mol. The zero-order chi connectivity index (χ0) is 42.3. The summed E-state index contributed by atoms with van der Waals surface area (Å²) < 4.78 is 88.9. The van der Waals surface area contributed by atoms with Gasteiger partial charge < -0.3 is 19.7 Å². The zero-order valence-electron chi connectivity index (χ0n) is 34.1. The number of Topliss-reactive ketones (excluding diaryl/α,β-unsaturated/α-hetero) is 1. The molecule has 1 heterocycles. The molecule has 2 aromatic rings. The van der Waals surface area contributed by atoms with E-state index in [1.54, 1.807) is 19.1 Å². The summed E-state index contributed by atoms with van der Waals surface area (Å²) in [6.45, 7) is 7.85. The molecule has 0 unspecified atom stereocenters. The van der Waals surface area contributed by atoms with Crippen LogP contribution in [0.2, 0.25) is 0 Å². The summed E-state index contributed by atoms with van der Waals surface area (Å²) in [6.07, 6.45) is 8.57. The molecular formula is C42H61F2N3O9S2. The van der Waals surface area contributed by atoms with Crippen LogP contribution in [0.4, 0.5) is 13.6 Å². The molecule has 3 aliphatic rings. The second-order valence-electron chi connectivity index (χ2n) is 16.3. The molecule has 1 aliphatic heterocycles. The Kier molecular flexibility index (Phi) is 18.4. The molecule has 0 radical (unpaired) electrons. The normalized spacial score (nSPS) is 16.7. The molecule has 324 valence electrons. The second-order valence-corrected chi connectivity index (χ2v) is 20.7. The van der Waals surface area contributed by atoms with E-state index in [1.165, 1.54) is 36.1 Å². The van der Waals surface area contributed by atoms with Crippen LogP contribution in [0, 0.1) is 23.5 Å². The molecular weight excluding hydrogens is 793 g/mol. The summed E-state index contributed by atoms with van der Waals surface area (Å²) >= 11 is 0. The molecule has 1 saturated heterocycles. The van der Waals surface area contributed by atoms with E-state index in [2.05, 4.69) is 10.6 Å². The maximum atomic E-state index is 13.9. The van der Waals surface area contributed by atoms with Gasteiger partial charge in [0.05, 0.1) is 42.8 Å². The minimum absolute atomic E-state index is 0.00110. The van der Waals surface area contributed by atoms with Crippen molar-refractivity contribution in [2.45, 2.75) is 96.8 Å². The maximum absolute atomic E-state index is 13.9. The van der Waals surface area contributed by atoms with Gasteiger partial charge in [0.1, 0.15) is 35.5 Å². The van der Waals surface area contributed by atoms with Crippen LogP contribution in [0.1, 0.15) is 108 Å². The highest BCUT2D eigenvalue weighted by atomic mass is 32.2. The Hall–Kier alpha value is -3.63. The second kappa shape index (κ2) is 22.7. The number of nitrogens with zero attached hydrogens (tertiary/aromatic N) is 1. The van der Waals surface area contributed by atoms with Crippen LogP contribution in [0.25, 0.3) is 0 Å². The van der Waals surface area contributed by atoms with Crippen molar-refractivity contribution < 1.29 is 49.5 Å². The van der Waals surface area contributed by atoms with Crippen LogP contribution in [0.3, 0.4) is 0 Å². The lowest BCUT2D eigenvalue weighted by atomic mass is 10.0. The lowest BCUT2D eigenvalue weighted by Crippen LogP contribution is -2.29. The molecule has 2 N–H and O–H groups in total. The highest BCUT2D eigenvalue weighted by Gasteiger charge is 2.27. The third-order valence-corrected chi connectivity index (χ3v) is 14.1. The number of unbranched alkanes of at least 4 members (excludes halogenated alkanes) is 4. The number of ether oxygens (including phenoxy) is 2. The number of hydrogen-bond donors (Lipinski definition) is 2. The number of carbonyl (C=O) groups is 3. The summed E-state index contributed by atoms with van der Waals surface area (Å²) in [4.78, 5) is 34.8. The third kappa shape index (κ3) is 18.5. The first-order valence-corrected chi connectivity index (χ1v) is 24.2. The van der Waals surface area contributed by atoms with Crippen LogP contribution in [-0.4, -0.2) is 102 Å². The number of rotatable bonds is 26. The zero-order valence-corrected chi connectivity index (χ0v) is 35.7. The van der Waals surface area contributed by atoms with Crippen molar-refractivity contribution in [2.75, 3.05) is 62.4 Å². The van der Waals surface area contributed by atoms with Gasteiger partial charge in [-0.15, -0.1) is 0 Å². The van der Waals surface area contributed by atoms with Crippen molar-refractivity contribution >= 4 is 37.4 Å². The SMILES string of the molecule is CC(=O)CNCCCCCS(=O)(=O)C[C@@H](C)c1cc(F)cc(OCC2CC2)c1.C[C@H](CS(=O)(=O)CCCCCN1CC(=O)NC1=O)c1cc(F)cc(OCC2CC2)c1. The fourth-order valence-corrected chi connectivity index (χ4v) is 10.0. The van der Waals surface area contributed by atoms with E-state index in [0.29, 0.717) is 93.0 Å². The first-order chi connectivity index (χ1) is 27.5. The molecule has 3 fully saturated rings. The van der Waals surface area contributed by atoms with Gasteiger partial charge in [0.15, 0.2) is 19.7 Å². The molecule has 2 saturated carbocycles. The van der Waals surface area contributed by atoms with Crippen LogP contribution in [0.5, 0.6) is 11.5 Å². The van der Waals surface area contributed by atoms with Crippen LogP contribution in [0.15, 0.2) is 36.4 Å². The highest BCUT2D eigenvalue weighted by Crippen LogP contribution is 2.32. The minimum Gasteiger partial charge on any atom is -0.493 e. The smallest absolute Gasteiger partial charge is 0.324 e. The van der Waals surface area contributed by atoms with Gasteiger partial charge in [-0.1, -0.05) is 26.7 Å². The molecule has 2 atom stereocenters. The van der Waals surface area contributed by atoms with E-state index in [4.69, 9.17) is 9.47 Å². The molecule has 58 heavy (non-hydrogen) atoms. The first-order valence-electron chi connectivity index (χ1n) is 20.5. The lowest BCUT2D eigenvalue weighted by Gasteiger charge is -2.15. The predicted octanol–water partition coefficient (Wildman–Crippen LogP) is 6.34. The monoisotopic (exact) mass is 853 g/mol. The van der Waals surface area contributed by atoms with Gasteiger partial charge in [0.25, 0.3) is 0 Å². The van der Waals surface area contributed by atoms with E-state index >= 15 is 0 Å². The Bertz CT molecular complexity index is 1900. The Morgan fingerprint density at radius 3 is 1.67 bits per heavy atom. The Balaban J connectivity index is 0.000000257. The molecule has 2 aromatic carbocycles. The molecule has 2 aliphatic carbocycles. The number of benzene rings is 2. The number of nitrogens with one attached hydrogen (secondary N) is 2. The fraction of sp³-hybridized carbons (Fsp3) is 0.643. The highest BCUT2D eigenvalue weighted by molar-refractivity contribution is 7.91. The number of amides is 3. The van der Waals surface area contributed by atoms with Crippen molar-refractivity contribution in [1.29, 1.82) is 0 Å². The molecule has 5 rings (SSSR count). The topological polar surface area (TPSA) is 165 Å². The summed E-state index contributed by atoms with van der Waals surface area (Å²) in [5, 5.41) is 5.23. The van der Waals surface area contributed by atoms with Gasteiger partial charge in [0.2, 0.25) is 5.91 Å². The number of halogens is 2. The molecule has 0 bridgehead atoms. The maximum Gasteiger partial charge on any atom is 0.324 e. The van der Waals surface area contributed by atoms with E-state index in [-0.39, 0.29) is 53.1 Å². The Labute approximate surface area is 343 Å². The third-order valence-electron chi connectivity index (χ3n) is 10.2. The summed E-state index contributed by atoms with van der Waals surface area (Å²) in [7, 11) is -6.51. The number of carbonyl (C=O) groups excluding carboxylic acids is 3. The van der Waals surface area contributed by atoms with Gasteiger partial charge in [-0.05, 0) is 124 Å². The standard InChI is InChI=1S/C21H29FN2O5S.C21H32FNO4S/c1-15(17-9-18(22)11-19(10-17)29-13-16-5-6-16)14-30(27,28)8-4-2-3-7-24-12-20(25)23-21(24)26;1-16(15-28(25,26)9-5-3-4-8-23-13-17(2)24)19-10-20(22)12-21(11-19)27-14-18-6-7-18/h9-11,15-16H,2-8,12-14H2,1H3,(H,23,25,26);10-12,16,18,23H,3-9,13-15H2,1-2H3/t15-;16-/m11/s1.